The largest absolute Gasteiger partial charge is 0.492 e. The normalized spacial score (nSPS) is 23.5. The van der Waals surface area contributed by atoms with Gasteiger partial charge in [-0.2, -0.15) is 0 Å². The second kappa shape index (κ2) is 9.25. The number of likely N-dealkylation sites (tertiary alicyclic amines) is 1. The second-order valence-electron chi connectivity index (χ2n) is 9.41. The number of benzene rings is 2. The lowest BCUT2D eigenvalue weighted by molar-refractivity contribution is 0.0692. The van der Waals surface area contributed by atoms with E-state index in [4.69, 9.17) is 4.74 Å². The van der Waals surface area contributed by atoms with Gasteiger partial charge in [0.15, 0.2) is 0 Å². The molecule has 35 heavy (non-hydrogen) atoms. The number of hydrogen-bond acceptors (Lipinski definition) is 6. The van der Waals surface area contributed by atoms with Gasteiger partial charge in [0.25, 0.3) is 10.0 Å². The van der Waals surface area contributed by atoms with Gasteiger partial charge in [-0.05, 0) is 66.6 Å². The molecular formula is C25H27FN2O6S. The molecule has 0 spiro atoms. The molecule has 3 aliphatic rings. The Morgan fingerprint density at radius 2 is 2.11 bits per heavy atom. The monoisotopic (exact) mass is 502 g/mol. The topological polar surface area (TPSA) is 116 Å². The molecule has 1 saturated carbocycles. The van der Waals surface area contributed by atoms with Crippen LogP contribution in [0.15, 0.2) is 41.3 Å². The number of aliphatic hydroxyl groups excluding tert-OH is 1. The van der Waals surface area contributed by atoms with Crippen molar-refractivity contribution in [2.45, 2.75) is 23.7 Å². The maximum Gasteiger partial charge on any atom is 0.341 e. The van der Waals surface area contributed by atoms with E-state index in [9.17, 15) is 27.8 Å². The Kier molecular flexibility index (Phi) is 6.29. The van der Waals surface area contributed by atoms with Crippen molar-refractivity contribution in [1.29, 1.82) is 0 Å². The fourth-order valence-electron chi connectivity index (χ4n) is 5.00. The molecule has 2 aliphatic heterocycles. The van der Waals surface area contributed by atoms with E-state index in [-0.39, 0.29) is 45.9 Å². The molecule has 2 fully saturated rings. The Morgan fingerprint density at radius 3 is 2.86 bits per heavy atom. The molecule has 10 heteroatoms. The summed E-state index contributed by atoms with van der Waals surface area (Å²) < 4.78 is 48.7. The van der Waals surface area contributed by atoms with Gasteiger partial charge in [0.1, 0.15) is 17.1 Å². The molecule has 186 valence electrons. The second-order valence-corrected chi connectivity index (χ2v) is 11.1. The van der Waals surface area contributed by atoms with Crippen LogP contribution in [0.3, 0.4) is 0 Å². The van der Waals surface area contributed by atoms with Crippen molar-refractivity contribution in [1.82, 2.24) is 4.90 Å². The molecule has 0 bridgehead atoms. The van der Waals surface area contributed by atoms with Crippen LogP contribution in [0, 0.1) is 17.7 Å². The Balaban J connectivity index is 1.42. The Bertz CT molecular complexity index is 1300. The third-order valence-electron chi connectivity index (χ3n) is 6.96. The maximum absolute atomic E-state index is 14.0. The van der Waals surface area contributed by atoms with Gasteiger partial charge in [-0.3, -0.25) is 9.62 Å². The first-order chi connectivity index (χ1) is 16.8. The highest BCUT2D eigenvalue weighted by Gasteiger charge is 2.45. The van der Waals surface area contributed by atoms with E-state index in [0.29, 0.717) is 19.1 Å². The number of aromatic carboxylic acids is 1. The highest BCUT2D eigenvalue weighted by atomic mass is 32.2. The first-order valence-electron chi connectivity index (χ1n) is 11.6. The third-order valence-corrected chi connectivity index (χ3v) is 8.40. The number of hydrogen-bond donors (Lipinski definition) is 3. The number of halogens is 1. The number of fused-ring (bicyclic) bond motifs is 3. The van der Waals surface area contributed by atoms with Crippen molar-refractivity contribution in [3.8, 4) is 5.75 Å². The molecule has 1 aliphatic carbocycles. The van der Waals surface area contributed by atoms with Crippen molar-refractivity contribution in [3.63, 3.8) is 0 Å². The van der Waals surface area contributed by atoms with Gasteiger partial charge in [-0.15, -0.1) is 0 Å². The maximum atomic E-state index is 14.0. The summed E-state index contributed by atoms with van der Waals surface area (Å²) in [6, 6.07) is 6.52. The van der Waals surface area contributed by atoms with Crippen LogP contribution in [0.5, 0.6) is 5.75 Å². The van der Waals surface area contributed by atoms with Crippen molar-refractivity contribution in [2.75, 3.05) is 37.6 Å². The smallest absolute Gasteiger partial charge is 0.341 e. The molecule has 2 aromatic rings. The molecule has 0 radical (unpaired) electrons. The lowest BCUT2D eigenvalue weighted by atomic mass is 10.0. The van der Waals surface area contributed by atoms with Gasteiger partial charge in [0.2, 0.25) is 0 Å². The molecule has 0 amide bonds. The molecule has 0 unspecified atom stereocenters. The number of sulfonamides is 1. The van der Waals surface area contributed by atoms with E-state index in [1.54, 1.807) is 18.2 Å². The molecule has 3 atom stereocenters. The van der Waals surface area contributed by atoms with Crippen molar-refractivity contribution in [3.05, 3.63) is 58.9 Å². The minimum atomic E-state index is -4.24. The van der Waals surface area contributed by atoms with Crippen molar-refractivity contribution < 1.29 is 32.6 Å². The Labute approximate surface area is 203 Å². The van der Waals surface area contributed by atoms with Crippen molar-refractivity contribution in [2.24, 2.45) is 11.8 Å². The number of carboxylic acid groups (broad SMARTS) is 1. The molecule has 8 nitrogen and oxygen atoms in total. The SMILES string of the molecule is O=C(O)c1c(NS(=O)(=O)c2ccc(F)cc2/C=C\CN2CC[C@H](CO)C2)ccc2c1OC[C@@H]1C[C@H]21. The van der Waals surface area contributed by atoms with Crippen LogP contribution in [0.4, 0.5) is 10.1 Å². The van der Waals surface area contributed by atoms with E-state index in [1.807, 2.05) is 0 Å². The summed E-state index contributed by atoms with van der Waals surface area (Å²) >= 11 is 0. The van der Waals surface area contributed by atoms with Crippen LogP contribution in [-0.2, 0) is 10.0 Å². The first-order valence-corrected chi connectivity index (χ1v) is 13.1. The van der Waals surface area contributed by atoms with Gasteiger partial charge in [-0.25, -0.2) is 17.6 Å². The van der Waals surface area contributed by atoms with E-state index in [1.165, 1.54) is 12.1 Å². The van der Waals surface area contributed by atoms with Crippen LogP contribution in [0.1, 0.15) is 40.2 Å². The standard InChI is InChI=1S/C25H27FN2O6S/c26-18-3-6-22(16(10-18)2-1-8-28-9-7-15(12-28)13-29)35(32,33)27-21-5-4-19-20-11-17(20)14-34-24(19)23(21)25(30)31/h1-6,10,15,17,20,27,29H,7-9,11-14H2,(H,30,31)/b2-1-/t15-,17-,20-/m0/s1. The van der Waals surface area contributed by atoms with E-state index >= 15 is 0 Å². The first kappa shape index (κ1) is 23.8. The summed E-state index contributed by atoms with van der Waals surface area (Å²) in [7, 11) is -4.24. The summed E-state index contributed by atoms with van der Waals surface area (Å²) in [5.41, 5.74) is 0.629. The lowest BCUT2D eigenvalue weighted by Crippen LogP contribution is -2.21. The van der Waals surface area contributed by atoms with Crippen LogP contribution in [0.25, 0.3) is 6.08 Å². The molecule has 5 rings (SSSR count). The van der Waals surface area contributed by atoms with Gasteiger partial charge >= 0.3 is 5.97 Å². The molecule has 2 heterocycles. The van der Waals surface area contributed by atoms with Gasteiger partial charge in [0.05, 0.1) is 17.2 Å². The predicted molar refractivity (Wildman–Crippen MR) is 128 cm³/mol. The minimum Gasteiger partial charge on any atom is -0.492 e. The fraction of sp³-hybridized carbons (Fsp3) is 0.400. The van der Waals surface area contributed by atoms with E-state index in [2.05, 4.69) is 9.62 Å². The number of aliphatic hydroxyl groups is 1. The summed E-state index contributed by atoms with van der Waals surface area (Å²) in [4.78, 5) is 14.0. The number of nitrogens with zero attached hydrogens (tertiary/aromatic N) is 1. The zero-order chi connectivity index (χ0) is 24.7. The third kappa shape index (κ3) is 4.78. The summed E-state index contributed by atoms with van der Waals surface area (Å²) in [5, 5.41) is 19.1. The van der Waals surface area contributed by atoms with Crippen LogP contribution < -0.4 is 9.46 Å². The molecule has 2 aromatic carbocycles. The number of ether oxygens (including phenoxy) is 1. The number of rotatable bonds is 8. The van der Waals surface area contributed by atoms with Gasteiger partial charge in [0, 0.05) is 25.6 Å². The molecule has 3 N–H and O–H groups in total. The summed E-state index contributed by atoms with van der Waals surface area (Å²) in [6.07, 6.45) is 5.13. The van der Waals surface area contributed by atoms with Crippen molar-refractivity contribution >= 4 is 27.8 Å². The summed E-state index contributed by atoms with van der Waals surface area (Å²) in [6.45, 7) is 2.65. The average molecular weight is 503 g/mol. The highest BCUT2D eigenvalue weighted by Crippen LogP contribution is 2.55. The van der Waals surface area contributed by atoms with Gasteiger partial charge in [-0.1, -0.05) is 18.2 Å². The number of anilines is 1. The zero-order valence-corrected chi connectivity index (χ0v) is 19.8. The van der Waals surface area contributed by atoms with Crippen LogP contribution in [-0.4, -0.2) is 62.3 Å². The Hall–Kier alpha value is -2.95. The average Bonchev–Trinajstić information content (AvgIpc) is 3.47. The lowest BCUT2D eigenvalue weighted by Gasteiger charge is -2.21. The van der Waals surface area contributed by atoms with Crippen LogP contribution >= 0.6 is 0 Å². The zero-order valence-electron chi connectivity index (χ0n) is 19.0. The van der Waals surface area contributed by atoms with Crippen LogP contribution in [0.2, 0.25) is 0 Å². The predicted octanol–water partition coefficient (Wildman–Crippen LogP) is 3.15. The molecule has 1 saturated heterocycles. The number of nitrogens with one attached hydrogen (secondary N) is 1. The Morgan fingerprint density at radius 1 is 1.29 bits per heavy atom. The van der Waals surface area contributed by atoms with Gasteiger partial charge < -0.3 is 14.9 Å². The minimum absolute atomic E-state index is 0.0956. The van der Waals surface area contributed by atoms with E-state index in [0.717, 1.165) is 43.6 Å². The quantitative estimate of drug-likeness (QED) is 0.508. The number of carboxylic acids is 1. The highest BCUT2D eigenvalue weighted by molar-refractivity contribution is 7.92. The summed E-state index contributed by atoms with van der Waals surface area (Å²) in [5.74, 6) is -0.799. The number of carbonyl (C=O) groups is 1. The molecular weight excluding hydrogens is 475 g/mol. The molecule has 0 aromatic heterocycles. The van der Waals surface area contributed by atoms with E-state index < -0.39 is 21.8 Å². The fourth-order valence-corrected chi connectivity index (χ4v) is 6.25.